The Labute approximate surface area is 125 Å². The minimum atomic E-state index is -4.29. The Hall–Kier alpha value is -1.03. The molecule has 1 heterocycles. The number of nitrogen functional groups attached to an aromatic ring is 1. The number of aromatic nitrogens is 2. The van der Waals surface area contributed by atoms with Crippen LogP contribution in [0, 0.1) is 3.57 Å². The fourth-order valence-corrected chi connectivity index (χ4v) is 2.12. The maximum absolute atomic E-state index is 12.2. The first-order chi connectivity index (χ1) is 8.85. The third kappa shape index (κ3) is 3.96. The summed E-state index contributed by atoms with van der Waals surface area (Å²) in [6, 6.07) is 5.83. The van der Waals surface area contributed by atoms with Crippen molar-refractivity contribution in [3.8, 4) is 11.4 Å². The predicted molar refractivity (Wildman–Crippen MR) is 76.5 cm³/mol. The van der Waals surface area contributed by atoms with E-state index < -0.39 is 5.51 Å². The smallest absolute Gasteiger partial charge is 0.383 e. The Bertz CT molecular complexity index is 587. The van der Waals surface area contributed by atoms with Crippen LogP contribution in [0.25, 0.3) is 11.4 Å². The fourth-order valence-electron chi connectivity index (χ4n) is 1.33. The molecule has 0 aliphatic heterocycles. The van der Waals surface area contributed by atoms with Gasteiger partial charge in [0.1, 0.15) is 5.82 Å². The molecule has 0 saturated heterocycles. The van der Waals surface area contributed by atoms with Crippen LogP contribution < -0.4 is 5.73 Å². The molecule has 0 radical (unpaired) electrons. The minimum absolute atomic E-state index is 0.120. The van der Waals surface area contributed by atoms with Crippen LogP contribution in [0.4, 0.5) is 19.0 Å². The summed E-state index contributed by atoms with van der Waals surface area (Å²) in [5.74, 6) is 0.737. The van der Waals surface area contributed by atoms with E-state index in [1.165, 1.54) is 24.3 Å². The molecule has 0 aliphatic carbocycles. The molecule has 0 saturated carbocycles. The van der Waals surface area contributed by atoms with Gasteiger partial charge >= 0.3 is 5.51 Å². The van der Waals surface area contributed by atoms with Crippen LogP contribution in [0.15, 0.2) is 35.4 Å². The van der Waals surface area contributed by atoms with Crippen molar-refractivity contribution in [2.75, 3.05) is 5.73 Å². The number of benzene rings is 1. The maximum Gasteiger partial charge on any atom is 0.446 e. The van der Waals surface area contributed by atoms with E-state index in [4.69, 9.17) is 5.73 Å². The molecule has 0 amide bonds. The van der Waals surface area contributed by atoms with Gasteiger partial charge in [0.25, 0.3) is 0 Å². The highest BCUT2D eigenvalue weighted by Gasteiger charge is 2.29. The van der Waals surface area contributed by atoms with E-state index in [-0.39, 0.29) is 16.7 Å². The van der Waals surface area contributed by atoms with Crippen molar-refractivity contribution in [2.45, 2.75) is 10.4 Å². The number of alkyl halides is 3. The van der Waals surface area contributed by atoms with Gasteiger partial charge in [-0.2, -0.15) is 13.2 Å². The van der Waals surface area contributed by atoms with Gasteiger partial charge in [-0.1, -0.05) is 12.1 Å². The summed E-state index contributed by atoms with van der Waals surface area (Å²) in [6.07, 6.45) is 1.57. The first-order valence-corrected chi connectivity index (χ1v) is 6.89. The van der Waals surface area contributed by atoms with E-state index in [1.807, 2.05) is 22.6 Å². The Morgan fingerprint density at radius 2 is 1.79 bits per heavy atom. The van der Waals surface area contributed by atoms with E-state index in [0.717, 1.165) is 3.57 Å². The number of rotatable bonds is 2. The second kappa shape index (κ2) is 5.53. The zero-order valence-electron chi connectivity index (χ0n) is 9.28. The summed E-state index contributed by atoms with van der Waals surface area (Å²) >= 11 is 1.85. The van der Waals surface area contributed by atoms with Gasteiger partial charge in [0.2, 0.25) is 0 Å². The molecule has 0 unspecified atom stereocenters. The largest absolute Gasteiger partial charge is 0.446 e. The summed E-state index contributed by atoms with van der Waals surface area (Å²) in [5.41, 5.74) is 1.99. The van der Waals surface area contributed by atoms with Crippen LogP contribution in [0.3, 0.4) is 0 Å². The number of thioether (sulfide) groups is 1. The summed E-state index contributed by atoms with van der Waals surface area (Å²) < 4.78 is 37.3. The lowest BCUT2D eigenvalue weighted by atomic mass is 10.2. The number of nitrogens with two attached hydrogens (primary N) is 1. The summed E-state index contributed by atoms with van der Waals surface area (Å²) in [7, 11) is 0. The molecule has 1 aromatic heterocycles. The molecule has 19 heavy (non-hydrogen) atoms. The summed E-state index contributed by atoms with van der Waals surface area (Å²) in [5, 5.41) is 0. The minimum Gasteiger partial charge on any atom is -0.383 e. The Morgan fingerprint density at radius 1 is 1.16 bits per heavy atom. The highest BCUT2D eigenvalue weighted by Crippen LogP contribution is 2.37. The summed E-state index contributed by atoms with van der Waals surface area (Å²) in [6.45, 7) is 0. The zero-order chi connectivity index (χ0) is 14.0. The number of hydrogen-bond donors (Lipinski definition) is 1. The fraction of sp³-hybridized carbons (Fsp3) is 0.0909. The Kier molecular flexibility index (Phi) is 4.19. The number of anilines is 1. The highest BCUT2D eigenvalue weighted by atomic mass is 127. The number of hydrogen-bond acceptors (Lipinski definition) is 4. The van der Waals surface area contributed by atoms with Gasteiger partial charge < -0.3 is 5.73 Å². The molecule has 100 valence electrons. The Balaban J connectivity index is 2.25. The number of halogens is 4. The van der Waals surface area contributed by atoms with Gasteiger partial charge in [0.05, 0.1) is 3.57 Å². The molecule has 2 aromatic rings. The number of nitrogens with zero attached hydrogens (tertiary/aromatic N) is 2. The van der Waals surface area contributed by atoms with Crippen LogP contribution in [0.5, 0.6) is 0 Å². The van der Waals surface area contributed by atoms with Gasteiger partial charge in [0.15, 0.2) is 5.82 Å². The predicted octanol–water partition coefficient (Wildman–Crippen LogP) is 3.94. The van der Waals surface area contributed by atoms with Crippen molar-refractivity contribution in [1.82, 2.24) is 9.97 Å². The molecule has 2 rings (SSSR count). The highest BCUT2D eigenvalue weighted by molar-refractivity contribution is 14.1. The average Bonchev–Trinajstić information content (AvgIpc) is 2.32. The van der Waals surface area contributed by atoms with Crippen LogP contribution >= 0.6 is 34.4 Å². The molecule has 2 N–H and O–H groups in total. The molecule has 0 bridgehead atoms. The molecular formula is C11H7F3IN3S. The summed E-state index contributed by atoms with van der Waals surface area (Å²) in [4.78, 5) is 8.28. The van der Waals surface area contributed by atoms with Gasteiger partial charge in [-0.15, -0.1) is 0 Å². The maximum atomic E-state index is 12.2. The van der Waals surface area contributed by atoms with E-state index >= 15 is 0 Å². The third-order valence-electron chi connectivity index (χ3n) is 2.12. The van der Waals surface area contributed by atoms with Crippen LogP contribution in [-0.2, 0) is 0 Å². The molecular weight excluding hydrogens is 390 g/mol. The average molecular weight is 397 g/mol. The molecule has 1 aromatic carbocycles. The van der Waals surface area contributed by atoms with Gasteiger partial charge in [-0.05, 0) is 46.5 Å². The van der Waals surface area contributed by atoms with Crippen molar-refractivity contribution in [3.63, 3.8) is 0 Å². The second-order valence-corrected chi connectivity index (χ2v) is 5.80. The third-order valence-corrected chi connectivity index (χ3v) is 3.69. The first kappa shape index (κ1) is 14.4. The molecule has 8 heteroatoms. The van der Waals surface area contributed by atoms with E-state index in [2.05, 4.69) is 9.97 Å². The standard InChI is InChI=1S/C11H7F3IN3S/c12-11(13,14)19-7-3-1-6(2-4-7)10-17-5-8(15)9(16)18-10/h1-5H,(H2,16,17,18). The SMILES string of the molecule is Nc1nc(-c2ccc(SC(F)(F)F)cc2)ncc1I. The van der Waals surface area contributed by atoms with Crippen molar-refractivity contribution in [3.05, 3.63) is 34.0 Å². The van der Waals surface area contributed by atoms with Crippen molar-refractivity contribution >= 4 is 40.2 Å². The Morgan fingerprint density at radius 3 is 2.32 bits per heavy atom. The van der Waals surface area contributed by atoms with Crippen molar-refractivity contribution in [2.24, 2.45) is 0 Å². The van der Waals surface area contributed by atoms with Crippen molar-refractivity contribution in [1.29, 1.82) is 0 Å². The van der Waals surface area contributed by atoms with Crippen LogP contribution in [0.1, 0.15) is 0 Å². The molecule has 0 aliphatic rings. The van der Waals surface area contributed by atoms with Gasteiger partial charge in [-0.3, -0.25) is 0 Å². The second-order valence-electron chi connectivity index (χ2n) is 3.50. The van der Waals surface area contributed by atoms with Gasteiger partial charge in [-0.25, -0.2) is 9.97 Å². The van der Waals surface area contributed by atoms with Crippen molar-refractivity contribution < 1.29 is 13.2 Å². The van der Waals surface area contributed by atoms with E-state index in [9.17, 15) is 13.2 Å². The van der Waals surface area contributed by atoms with E-state index in [0.29, 0.717) is 17.2 Å². The van der Waals surface area contributed by atoms with Crippen LogP contribution in [0.2, 0.25) is 0 Å². The first-order valence-electron chi connectivity index (χ1n) is 4.99. The normalized spacial score (nSPS) is 11.6. The quantitative estimate of drug-likeness (QED) is 0.616. The monoisotopic (exact) mass is 397 g/mol. The lowest BCUT2D eigenvalue weighted by molar-refractivity contribution is -0.0328. The lowest BCUT2D eigenvalue weighted by Crippen LogP contribution is -1.99. The topological polar surface area (TPSA) is 51.8 Å². The van der Waals surface area contributed by atoms with Gasteiger partial charge in [0, 0.05) is 16.7 Å². The molecule has 3 nitrogen and oxygen atoms in total. The van der Waals surface area contributed by atoms with Crippen LogP contribution in [-0.4, -0.2) is 15.5 Å². The van der Waals surface area contributed by atoms with E-state index in [1.54, 1.807) is 6.20 Å². The molecule has 0 atom stereocenters. The molecule has 0 spiro atoms. The zero-order valence-corrected chi connectivity index (χ0v) is 12.3. The lowest BCUT2D eigenvalue weighted by Gasteiger charge is -2.06. The molecule has 0 fully saturated rings.